The normalized spacial score (nSPS) is 10.9. The van der Waals surface area contributed by atoms with Crippen molar-refractivity contribution < 1.29 is 4.79 Å². The molecule has 0 radical (unpaired) electrons. The Bertz CT molecular complexity index is 1160. The Labute approximate surface area is 156 Å². The fourth-order valence-corrected chi connectivity index (χ4v) is 3.20. The van der Waals surface area contributed by atoms with Crippen LogP contribution in [-0.4, -0.2) is 20.5 Å². The van der Waals surface area contributed by atoms with Gasteiger partial charge in [0.15, 0.2) is 5.82 Å². The number of pyridine rings is 2. The predicted octanol–water partition coefficient (Wildman–Crippen LogP) is 3.85. The zero-order chi connectivity index (χ0) is 19.0. The molecule has 4 aromatic rings. The van der Waals surface area contributed by atoms with Crippen LogP contribution in [0.25, 0.3) is 16.6 Å². The van der Waals surface area contributed by atoms with Crippen molar-refractivity contribution in [3.8, 4) is 11.1 Å². The van der Waals surface area contributed by atoms with Crippen molar-refractivity contribution >= 4 is 22.9 Å². The quantitative estimate of drug-likeness (QED) is 0.583. The molecule has 27 heavy (non-hydrogen) atoms. The van der Waals surface area contributed by atoms with E-state index in [1.165, 1.54) is 5.56 Å². The van der Waals surface area contributed by atoms with E-state index in [0.717, 1.165) is 16.7 Å². The first-order chi connectivity index (χ1) is 13.1. The standard InChI is InChI=1S/C21H19N5O/c1-13-6-5-7-15(14(13)2)16-12-23-10-9-17(16)24-21(27)19-18-8-3-4-11-26(18)25-20(19)22/h3-12H,1-2H3,(H2,22,25)(H,23,24,27). The molecule has 0 saturated heterocycles. The maximum atomic E-state index is 13.0. The number of aryl methyl sites for hydroxylation is 1. The number of fused-ring (bicyclic) bond motifs is 1. The van der Waals surface area contributed by atoms with Gasteiger partial charge >= 0.3 is 0 Å². The number of nitrogens with one attached hydrogen (secondary N) is 1. The van der Waals surface area contributed by atoms with Gasteiger partial charge in [0.1, 0.15) is 5.56 Å². The summed E-state index contributed by atoms with van der Waals surface area (Å²) in [5, 5.41) is 7.18. The van der Waals surface area contributed by atoms with Crippen molar-refractivity contribution in [3.63, 3.8) is 0 Å². The van der Waals surface area contributed by atoms with Gasteiger partial charge in [0, 0.05) is 24.2 Å². The van der Waals surface area contributed by atoms with Crippen molar-refractivity contribution in [1.29, 1.82) is 0 Å². The second-order valence-electron chi connectivity index (χ2n) is 6.41. The highest BCUT2D eigenvalue weighted by atomic mass is 16.1. The van der Waals surface area contributed by atoms with Crippen LogP contribution in [0, 0.1) is 13.8 Å². The first kappa shape index (κ1) is 16.8. The van der Waals surface area contributed by atoms with Crippen molar-refractivity contribution in [2.45, 2.75) is 13.8 Å². The fraction of sp³-hybridized carbons (Fsp3) is 0.0952. The fourth-order valence-electron chi connectivity index (χ4n) is 3.20. The average Bonchev–Trinajstić information content (AvgIpc) is 3.00. The molecule has 0 aliphatic heterocycles. The predicted molar refractivity (Wildman–Crippen MR) is 107 cm³/mol. The van der Waals surface area contributed by atoms with Crippen LogP contribution in [-0.2, 0) is 0 Å². The molecule has 6 heteroatoms. The summed E-state index contributed by atoms with van der Waals surface area (Å²) in [6, 6.07) is 13.4. The average molecular weight is 357 g/mol. The molecule has 0 saturated carbocycles. The number of carbonyl (C=O) groups is 1. The lowest BCUT2D eigenvalue weighted by molar-refractivity contribution is 0.102. The van der Waals surface area contributed by atoms with Gasteiger partial charge in [0.25, 0.3) is 5.91 Å². The van der Waals surface area contributed by atoms with E-state index in [-0.39, 0.29) is 11.7 Å². The summed E-state index contributed by atoms with van der Waals surface area (Å²) in [4.78, 5) is 17.2. The third kappa shape index (κ3) is 2.91. The Kier molecular flexibility index (Phi) is 4.08. The Balaban J connectivity index is 1.76. The summed E-state index contributed by atoms with van der Waals surface area (Å²) in [6.45, 7) is 4.12. The van der Waals surface area contributed by atoms with Crippen molar-refractivity contribution in [2.75, 3.05) is 11.1 Å². The smallest absolute Gasteiger partial charge is 0.261 e. The van der Waals surface area contributed by atoms with Gasteiger partial charge in [-0.1, -0.05) is 24.3 Å². The van der Waals surface area contributed by atoms with Gasteiger partial charge in [-0.3, -0.25) is 9.78 Å². The number of aromatic nitrogens is 3. The van der Waals surface area contributed by atoms with Crippen LogP contribution in [0.1, 0.15) is 21.5 Å². The molecule has 3 heterocycles. The molecule has 0 unspecified atom stereocenters. The topological polar surface area (TPSA) is 85.3 Å². The monoisotopic (exact) mass is 357 g/mol. The molecule has 134 valence electrons. The Morgan fingerprint density at radius 2 is 1.93 bits per heavy atom. The maximum absolute atomic E-state index is 13.0. The van der Waals surface area contributed by atoms with E-state index in [4.69, 9.17) is 5.73 Å². The van der Waals surface area contributed by atoms with Crippen LogP contribution in [0.3, 0.4) is 0 Å². The van der Waals surface area contributed by atoms with E-state index in [0.29, 0.717) is 16.8 Å². The highest BCUT2D eigenvalue weighted by molar-refractivity contribution is 6.13. The molecule has 0 atom stereocenters. The van der Waals surface area contributed by atoms with Gasteiger partial charge < -0.3 is 11.1 Å². The highest BCUT2D eigenvalue weighted by Crippen LogP contribution is 2.31. The SMILES string of the molecule is Cc1cccc(-c2cnccc2NC(=O)c2c(N)nn3ccccc23)c1C. The lowest BCUT2D eigenvalue weighted by Crippen LogP contribution is -2.14. The van der Waals surface area contributed by atoms with Crippen LogP contribution in [0.5, 0.6) is 0 Å². The number of anilines is 2. The van der Waals surface area contributed by atoms with E-state index in [9.17, 15) is 4.79 Å². The summed E-state index contributed by atoms with van der Waals surface area (Å²) >= 11 is 0. The number of nitrogens with zero attached hydrogens (tertiary/aromatic N) is 3. The summed E-state index contributed by atoms with van der Waals surface area (Å²) in [5.41, 5.74) is 11.9. The molecule has 0 bridgehead atoms. The molecule has 1 aromatic carbocycles. The summed E-state index contributed by atoms with van der Waals surface area (Å²) in [6.07, 6.45) is 5.18. The lowest BCUT2D eigenvalue weighted by Gasteiger charge is -2.14. The van der Waals surface area contributed by atoms with Crippen molar-refractivity contribution in [3.05, 3.63) is 77.7 Å². The van der Waals surface area contributed by atoms with E-state index in [2.05, 4.69) is 35.3 Å². The molecule has 0 aliphatic carbocycles. The maximum Gasteiger partial charge on any atom is 0.261 e. The summed E-state index contributed by atoms with van der Waals surface area (Å²) in [5.74, 6) is -0.104. The molecule has 0 fully saturated rings. The number of rotatable bonds is 3. The zero-order valence-corrected chi connectivity index (χ0v) is 15.1. The molecular formula is C21H19N5O. The molecule has 0 spiro atoms. The van der Waals surface area contributed by atoms with Crippen LogP contribution >= 0.6 is 0 Å². The van der Waals surface area contributed by atoms with Gasteiger partial charge in [-0.05, 0) is 48.7 Å². The van der Waals surface area contributed by atoms with E-state index in [1.54, 1.807) is 29.2 Å². The van der Waals surface area contributed by atoms with Crippen LogP contribution in [0.4, 0.5) is 11.5 Å². The minimum Gasteiger partial charge on any atom is -0.382 e. The number of hydrogen-bond acceptors (Lipinski definition) is 4. The minimum atomic E-state index is -0.300. The molecule has 6 nitrogen and oxygen atoms in total. The molecule has 4 rings (SSSR count). The van der Waals surface area contributed by atoms with Crippen LogP contribution < -0.4 is 11.1 Å². The van der Waals surface area contributed by atoms with E-state index in [1.807, 2.05) is 30.3 Å². The van der Waals surface area contributed by atoms with Gasteiger partial charge in [-0.25, -0.2) is 4.52 Å². The van der Waals surface area contributed by atoms with Crippen LogP contribution in [0.15, 0.2) is 61.1 Å². The number of nitrogen functional groups attached to an aromatic ring is 1. The first-order valence-corrected chi connectivity index (χ1v) is 8.61. The molecule has 3 aromatic heterocycles. The first-order valence-electron chi connectivity index (χ1n) is 8.61. The third-order valence-electron chi connectivity index (χ3n) is 4.76. The van der Waals surface area contributed by atoms with Crippen molar-refractivity contribution in [2.24, 2.45) is 0 Å². The number of amides is 1. The van der Waals surface area contributed by atoms with Gasteiger partial charge in [0.2, 0.25) is 0 Å². The van der Waals surface area contributed by atoms with Crippen molar-refractivity contribution in [1.82, 2.24) is 14.6 Å². The van der Waals surface area contributed by atoms with Gasteiger partial charge in [-0.15, -0.1) is 5.10 Å². The van der Waals surface area contributed by atoms with Gasteiger partial charge in [0.05, 0.1) is 11.2 Å². The largest absolute Gasteiger partial charge is 0.382 e. The van der Waals surface area contributed by atoms with Gasteiger partial charge in [-0.2, -0.15) is 0 Å². The number of carbonyl (C=O) groups excluding carboxylic acids is 1. The third-order valence-corrected chi connectivity index (χ3v) is 4.76. The summed E-state index contributed by atoms with van der Waals surface area (Å²) in [7, 11) is 0. The second kappa shape index (κ2) is 6.57. The highest BCUT2D eigenvalue weighted by Gasteiger charge is 2.19. The van der Waals surface area contributed by atoms with E-state index >= 15 is 0 Å². The summed E-state index contributed by atoms with van der Waals surface area (Å²) < 4.78 is 1.60. The number of benzene rings is 1. The lowest BCUT2D eigenvalue weighted by atomic mass is 9.97. The van der Waals surface area contributed by atoms with E-state index < -0.39 is 0 Å². The van der Waals surface area contributed by atoms with Crippen LogP contribution in [0.2, 0.25) is 0 Å². The Hall–Kier alpha value is -3.67. The number of nitrogens with two attached hydrogens (primary N) is 1. The molecule has 3 N–H and O–H groups in total. The second-order valence-corrected chi connectivity index (χ2v) is 6.41. The molecule has 1 amide bonds. The molecular weight excluding hydrogens is 338 g/mol. The zero-order valence-electron chi connectivity index (χ0n) is 15.1. The Morgan fingerprint density at radius 3 is 2.78 bits per heavy atom. The number of hydrogen-bond donors (Lipinski definition) is 2. The Morgan fingerprint density at radius 1 is 1.07 bits per heavy atom. The minimum absolute atomic E-state index is 0.195. The molecule has 0 aliphatic rings.